The van der Waals surface area contributed by atoms with Crippen molar-refractivity contribution < 1.29 is 4.63 Å². The molecule has 114 valence electrons. The summed E-state index contributed by atoms with van der Waals surface area (Å²) < 4.78 is 4.08. The number of aromatic nitrogens is 2. The van der Waals surface area contributed by atoms with Gasteiger partial charge in [-0.3, -0.25) is 0 Å². The van der Waals surface area contributed by atoms with Gasteiger partial charge in [-0.2, -0.15) is 0 Å². The van der Waals surface area contributed by atoms with E-state index in [9.17, 15) is 0 Å². The van der Waals surface area contributed by atoms with Crippen LogP contribution in [0, 0.1) is 0 Å². The topological polar surface area (TPSA) is 38.9 Å². The molecule has 1 aliphatic carbocycles. The number of nitrogens with zero attached hydrogens (tertiary/aromatic N) is 2. The van der Waals surface area contributed by atoms with Crippen molar-refractivity contribution in [1.29, 1.82) is 0 Å². The molecule has 3 heteroatoms. The molecular weight excluding hydrogens is 284 g/mol. The van der Waals surface area contributed by atoms with Gasteiger partial charge < -0.3 is 0 Å². The Labute approximate surface area is 134 Å². The van der Waals surface area contributed by atoms with Crippen molar-refractivity contribution in [3.63, 3.8) is 0 Å². The lowest BCUT2D eigenvalue weighted by atomic mass is 9.86. The second-order valence-electron chi connectivity index (χ2n) is 5.88. The second-order valence-corrected chi connectivity index (χ2v) is 5.88. The van der Waals surface area contributed by atoms with E-state index in [4.69, 9.17) is 0 Å². The Kier molecular flexibility index (Phi) is 3.76. The fourth-order valence-corrected chi connectivity index (χ4v) is 3.48. The standard InChI is InChI=1S/C18H16.C2H2N2O/c1-3-7-15-13(5-1)9-11-18-16-8-4-2-6-14(16)10-12-17(15)18;1-2-4-5-3-1/h1,3,5,7,9-12H,2,4,6,8H2;1-2H. The van der Waals surface area contributed by atoms with Crippen molar-refractivity contribution in [2.24, 2.45) is 0 Å². The van der Waals surface area contributed by atoms with E-state index < -0.39 is 0 Å². The quantitative estimate of drug-likeness (QED) is 0.432. The maximum atomic E-state index is 4.08. The molecule has 0 N–H and O–H groups in total. The number of aryl methyl sites for hydroxylation is 2. The third-order valence-corrected chi connectivity index (χ3v) is 4.54. The fourth-order valence-electron chi connectivity index (χ4n) is 3.48. The molecule has 0 amide bonds. The van der Waals surface area contributed by atoms with Crippen LogP contribution in [0.3, 0.4) is 0 Å². The van der Waals surface area contributed by atoms with Gasteiger partial charge in [0.05, 0.1) is 12.4 Å². The molecule has 4 aromatic rings. The molecule has 0 fully saturated rings. The van der Waals surface area contributed by atoms with Gasteiger partial charge in [0.1, 0.15) is 0 Å². The number of hydrogen-bond donors (Lipinski definition) is 0. The minimum atomic E-state index is 1.25. The zero-order chi connectivity index (χ0) is 15.5. The van der Waals surface area contributed by atoms with Crippen LogP contribution in [0.1, 0.15) is 24.0 Å². The first-order valence-corrected chi connectivity index (χ1v) is 8.07. The molecule has 0 bridgehead atoms. The van der Waals surface area contributed by atoms with Crippen LogP contribution in [0.5, 0.6) is 0 Å². The first-order valence-electron chi connectivity index (χ1n) is 8.07. The Bertz CT molecular complexity index is 912. The first-order chi connectivity index (χ1) is 11.4. The zero-order valence-corrected chi connectivity index (χ0v) is 12.9. The van der Waals surface area contributed by atoms with Gasteiger partial charge in [-0.15, -0.1) is 0 Å². The Morgan fingerprint density at radius 1 is 0.696 bits per heavy atom. The van der Waals surface area contributed by atoms with Crippen LogP contribution in [0.15, 0.2) is 65.6 Å². The van der Waals surface area contributed by atoms with E-state index in [0.29, 0.717) is 0 Å². The number of hydrogen-bond acceptors (Lipinski definition) is 3. The van der Waals surface area contributed by atoms with Crippen molar-refractivity contribution in [3.8, 4) is 0 Å². The summed E-state index contributed by atoms with van der Waals surface area (Å²) in [6.07, 6.45) is 8.16. The normalized spacial score (nSPS) is 13.4. The number of benzene rings is 3. The average molecular weight is 302 g/mol. The first kappa shape index (κ1) is 13.9. The fraction of sp³-hybridized carbons (Fsp3) is 0.200. The van der Waals surface area contributed by atoms with Crippen molar-refractivity contribution >= 4 is 21.5 Å². The molecule has 0 unspecified atom stereocenters. The van der Waals surface area contributed by atoms with Gasteiger partial charge in [-0.05, 0) is 58.4 Å². The van der Waals surface area contributed by atoms with Crippen molar-refractivity contribution in [3.05, 3.63) is 72.1 Å². The predicted octanol–water partition coefficient (Wildman–Crippen LogP) is 4.94. The third kappa shape index (κ3) is 2.70. The predicted molar refractivity (Wildman–Crippen MR) is 92.4 cm³/mol. The Morgan fingerprint density at radius 2 is 1.48 bits per heavy atom. The Morgan fingerprint density at radius 3 is 2.30 bits per heavy atom. The molecule has 0 atom stereocenters. The van der Waals surface area contributed by atoms with Gasteiger partial charge >= 0.3 is 0 Å². The van der Waals surface area contributed by atoms with E-state index >= 15 is 0 Å². The van der Waals surface area contributed by atoms with E-state index in [2.05, 4.69) is 63.5 Å². The second kappa shape index (κ2) is 6.21. The van der Waals surface area contributed by atoms with E-state index in [-0.39, 0.29) is 0 Å². The van der Waals surface area contributed by atoms with Crippen LogP contribution in [0.2, 0.25) is 0 Å². The summed E-state index contributed by atoms with van der Waals surface area (Å²) in [5.41, 5.74) is 3.17. The van der Waals surface area contributed by atoms with E-state index in [1.807, 2.05) is 0 Å². The molecule has 0 aliphatic heterocycles. The summed E-state index contributed by atoms with van der Waals surface area (Å²) in [5.74, 6) is 0. The van der Waals surface area contributed by atoms with E-state index in [1.165, 1.54) is 59.6 Å². The highest BCUT2D eigenvalue weighted by atomic mass is 16.6. The van der Waals surface area contributed by atoms with Crippen LogP contribution < -0.4 is 0 Å². The minimum Gasteiger partial charge on any atom is -0.245 e. The van der Waals surface area contributed by atoms with Gasteiger partial charge in [0.2, 0.25) is 0 Å². The van der Waals surface area contributed by atoms with Crippen molar-refractivity contribution in [1.82, 2.24) is 10.3 Å². The molecule has 23 heavy (non-hydrogen) atoms. The molecular formula is C20H18N2O. The van der Waals surface area contributed by atoms with Gasteiger partial charge in [-0.25, -0.2) is 4.63 Å². The summed E-state index contributed by atoms with van der Waals surface area (Å²) >= 11 is 0. The number of rotatable bonds is 0. The lowest BCUT2D eigenvalue weighted by molar-refractivity contribution is 0.307. The SMILES string of the molecule is c1ccc2c(c1)ccc1c3c(ccc12)CCCC3.c1cnon1. The molecule has 0 radical (unpaired) electrons. The van der Waals surface area contributed by atoms with Gasteiger partial charge in [0.25, 0.3) is 0 Å². The molecule has 3 aromatic carbocycles. The molecule has 1 aromatic heterocycles. The molecule has 3 nitrogen and oxygen atoms in total. The van der Waals surface area contributed by atoms with Crippen molar-refractivity contribution in [2.75, 3.05) is 0 Å². The maximum Gasteiger partial charge on any atom is 0.0913 e. The summed E-state index contributed by atoms with van der Waals surface area (Å²) in [5, 5.41) is 12.1. The van der Waals surface area contributed by atoms with Gasteiger partial charge in [0.15, 0.2) is 0 Å². The lowest BCUT2D eigenvalue weighted by Crippen LogP contribution is -2.02. The highest BCUT2D eigenvalue weighted by Crippen LogP contribution is 2.33. The van der Waals surface area contributed by atoms with Crippen LogP contribution in [-0.4, -0.2) is 10.3 Å². The Hall–Kier alpha value is -2.68. The monoisotopic (exact) mass is 302 g/mol. The summed E-state index contributed by atoms with van der Waals surface area (Å²) in [6.45, 7) is 0. The highest BCUT2D eigenvalue weighted by Gasteiger charge is 2.13. The maximum absolute atomic E-state index is 4.08. The molecule has 0 saturated carbocycles. The molecule has 1 heterocycles. The summed E-state index contributed by atoms with van der Waals surface area (Å²) in [4.78, 5) is 0. The van der Waals surface area contributed by atoms with Gasteiger partial charge in [-0.1, -0.05) is 58.8 Å². The van der Waals surface area contributed by atoms with Crippen LogP contribution in [-0.2, 0) is 12.8 Å². The summed E-state index contributed by atoms with van der Waals surface area (Å²) in [7, 11) is 0. The molecule has 0 saturated heterocycles. The average Bonchev–Trinajstić information content (AvgIpc) is 3.21. The minimum absolute atomic E-state index is 1.25. The molecule has 1 aliphatic rings. The zero-order valence-electron chi connectivity index (χ0n) is 12.9. The van der Waals surface area contributed by atoms with E-state index in [1.54, 1.807) is 11.1 Å². The molecule has 5 rings (SSSR count). The lowest BCUT2D eigenvalue weighted by Gasteiger charge is -2.18. The highest BCUT2D eigenvalue weighted by molar-refractivity contribution is 6.08. The van der Waals surface area contributed by atoms with Crippen LogP contribution in [0.4, 0.5) is 0 Å². The largest absolute Gasteiger partial charge is 0.245 e. The smallest absolute Gasteiger partial charge is 0.0913 e. The van der Waals surface area contributed by atoms with Crippen LogP contribution >= 0.6 is 0 Å². The van der Waals surface area contributed by atoms with E-state index in [0.717, 1.165) is 0 Å². The van der Waals surface area contributed by atoms with Crippen LogP contribution in [0.25, 0.3) is 21.5 Å². The Balaban J connectivity index is 0.000000233. The summed E-state index contributed by atoms with van der Waals surface area (Å²) in [6, 6.07) is 18.0. The van der Waals surface area contributed by atoms with Gasteiger partial charge in [0, 0.05) is 0 Å². The number of fused-ring (bicyclic) bond motifs is 5. The third-order valence-electron chi connectivity index (χ3n) is 4.54. The molecule has 0 spiro atoms. The van der Waals surface area contributed by atoms with Crippen molar-refractivity contribution in [2.45, 2.75) is 25.7 Å².